The summed E-state index contributed by atoms with van der Waals surface area (Å²) in [5, 5.41) is 0. The van der Waals surface area contributed by atoms with Gasteiger partial charge in [-0.1, -0.05) is 342 Å². The Bertz CT molecular complexity index is 1810. The quantitative estimate of drug-likeness (QED) is 0.0195. The number of unbranched alkanes of at least 4 members (excludes halogenated alkanes) is 38. The van der Waals surface area contributed by atoms with Crippen molar-refractivity contribution >= 4 is 19.8 Å². The second-order valence-corrected chi connectivity index (χ2v) is 27.3. The van der Waals surface area contributed by atoms with Crippen LogP contribution in [-0.2, 0) is 32.7 Å². The van der Waals surface area contributed by atoms with Gasteiger partial charge in [0.05, 0.1) is 27.7 Å². The summed E-state index contributed by atoms with van der Waals surface area (Å²) in [5.41, 5.74) is 0. The molecule has 88 heavy (non-hydrogen) atoms. The van der Waals surface area contributed by atoms with E-state index in [2.05, 4.69) is 111 Å². The van der Waals surface area contributed by atoms with Gasteiger partial charge < -0.3 is 27.9 Å². The van der Waals surface area contributed by atoms with E-state index in [0.717, 1.165) is 83.5 Å². The number of nitrogens with zero attached hydrogens (tertiary/aromatic N) is 1. The molecule has 0 fully saturated rings. The van der Waals surface area contributed by atoms with Gasteiger partial charge in [-0.2, -0.15) is 0 Å². The summed E-state index contributed by atoms with van der Waals surface area (Å²) in [6.07, 6.45) is 95.3. The highest BCUT2D eigenvalue weighted by atomic mass is 31.2. The standard InChI is InChI=1S/C78H140NO8P/c1-6-8-10-12-14-16-18-20-22-24-26-28-30-32-34-35-36-37-38-39-40-41-42-43-45-46-48-50-52-54-56-58-60-62-64-66-68-70-77(80)84-74-76(75-86-88(82,83)85-73-72-79(3,4)5)87-78(81)71-69-67-65-63-61-59-57-55-53-51-49-47-44-33-31-29-27-25-23-21-19-17-15-13-11-9-7-2/h9,11,15,17,21,23,27,29,33,44,49,51,55,57,61,63,76H,6-8,10,12-14,16,18-20,22,24-26,28,30-32,34-43,45-48,50,52-54,56,58-60,62,64-75H2,1-5H3/b11-9-,17-15-,23-21-,29-27-,44-33-,51-49-,57-55-,63-61-. The minimum absolute atomic E-state index is 0.0431. The average Bonchev–Trinajstić information content (AvgIpc) is 3.60. The normalized spacial score (nSPS) is 13.7. The van der Waals surface area contributed by atoms with Crippen molar-refractivity contribution in [2.24, 2.45) is 0 Å². The van der Waals surface area contributed by atoms with E-state index in [0.29, 0.717) is 17.4 Å². The molecule has 0 amide bonds. The van der Waals surface area contributed by atoms with E-state index in [1.54, 1.807) is 0 Å². The number of carbonyl (C=O) groups is 2. The van der Waals surface area contributed by atoms with Gasteiger partial charge in [0.2, 0.25) is 0 Å². The second-order valence-electron chi connectivity index (χ2n) is 25.9. The molecule has 0 aliphatic rings. The Morgan fingerprint density at radius 1 is 0.364 bits per heavy atom. The molecule has 0 bridgehead atoms. The summed E-state index contributed by atoms with van der Waals surface area (Å²) in [6, 6.07) is 0. The van der Waals surface area contributed by atoms with Crippen LogP contribution in [0.5, 0.6) is 0 Å². The van der Waals surface area contributed by atoms with Crippen LogP contribution in [-0.4, -0.2) is 70.0 Å². The van der Waals surface area contributed by atoms with Crippen LogP contribution >= 0.6 is 7.82 Å². The predicted octanol–water partition coefficient (Wildman–Crippen LogP) is 23.6. The molecule has 2 unspecified atom stereocenters. The van der Waals surface area contributed by atoms with Crippen molar-refractivity contribution in [1.82, 2.24) is 0 Å². The smallest absolute Gasteiger partial charge is 0.306 e. The maximum atomic E-state index is 12.8. The van der Waals surface area contributed by atoms with E-state index in [1.807, 2.05) is 21.1 Å². The number of hydrogen-bond donors (Lipinski definition) is 0. The van der Waals surface area contributed by atoms with Crippen LogP contribution in [0.3, 0.4) is 0 Å². The lowest BCUT2D eigenvalue weighted by molar-refractivity contribution is -0.870. The number of allylic oxidation sites excluding steroid dienone is 16. The van der Waals surface area contributed by atoms with Gasteiger partial charge in [-0.05, 0) is 77.0 Å². The molecule has 2 atom stereocenters. The molecule has 0 rings (SSSR count). The fourth-order valence-electron chi connectivity index (χ4n) is 10.5. The van der Waals surface area contributed by atoms with Gasteiger partial charge in [0.15, 0.2) is 6.10 Å². The number of likely N-dealkylation sites (N-methyl/N-ethyl adjacent to an activating group) is 1. The molecule has 0 spiro atoms. The van der Waals surface area contributed by atoms with E-state index in [4.69, 9.17) is 18.5 Å². The largest absolute Gasteiger partial charge is 0.756 e. The topological polar surface area (TPSA) is 111 Å². The number of hydrogen-bond acceptors (Lipinski definition) is 8. The molecule has 0 heterocycles. The fourth-order valence-corrected chi connectivity index (χ4v) is 11.2. The van der Waals surface area contributed by atoms with Crippen molar-refractivity contribution < 1.29 is 42.1 Å². The summed E-state index contributed by atoms with van der Waals surface area (Å²) >= 11 is 0. The number of carbonyl (C=O) groups excluding carboxylic acids is 2. The lowest BCUT2D eigenvalue weighted by Gasteiger charge is -2.28. The van der Waals surface area contributed by atoms with Gasteiger partial charge in [-0.3, -0.25) is 14.2 Å². The first-order valence-electron chi connectivity index (χ1n) is 36.9. The predicted molar refractivity (Wildman–Crippen MR) is 379 cm³/mol. The zero-order valence-electron chi connectivity index (χ0n) is 58.2. The molecule has 0 aliphatic carbocycles. The number of phosphoric ester groups is 1. The number of quaternary nitrogens is 1. The summed E-state index contributed by atoms with van der Waals surface area (Å²) in [7, 11) is 1.14. The lowest BCUT2D eigenvalue weighted by Crippen LogP contribution is -2.37. The van der Waals surface area contributed by atoms with Crippen LogP contribution in [0.4, 0.5) is 0 Å². The minimum atomic E-state index is -4.66. The summed E-state index contributed by atoms with van der Waals surface area (Å²) in [5.74, 6) is -0.878. The first kappa shape index (κ1) is 84.9. The summed E-state index contributed by atoms with van der Waals surface area (Å²) in [4.78, 5) is 38.1. The van der Waals surface area contributed by atoms with Crippen molar-refractivity contribution in [3.63, 3.8) is 0 Å². The van der Waals surface area contributed by atoms with Crippen LogP contribution in [0.2, 0.25) is 0 Å². The third kappa shape index (κ3) is 72.0. The van der Waals surface area contributed by atoms with Crippen molar-refractivity contribution in [2.45, 2.75) is 341 Å². The summed E-state index contributed by atoms with van der Waals surface area (Å²) < 4.78 is 34.3. The number of esters is 2. The van der Waals surface area contributed by atoms with Crippen LogP contribution in [0.25, 0.3) is 0 Å². The third-order valence-corrected chi connectivity index (χ3v) is 17.1. The zero-order chi connectivity index (χ0) is 64.1. The molecule has 0 aliphatic heterocycles. The minimum Gasteiger partial charge on any atom is -0.756 e. The van der Waals surface area contributed by atoms with Gasteiger partial charge in [0.25, 0.3) is 7.82 Å². The molecule has 0 aromatic rings. The van der Waals surface area contributed by atoms with Crippen LogP contribution < -0.4 is 4.89 Å². The van der Waals surface area contributed by atoms with Crippen molar-refractivity contribution in [3.05, 3.63) is 97.2 Å². The monoisotopic (exact) mass is 1250 g/mol. The molecule has 0 aromatic heterocycles. The van der Waals surface area contributed by atoms with Gasteiger partial charge >= 0.3 is 11.9 Å². The molecule has 510 valence electrons. The third-order valence-electron chi connectivity index (χ3n) is 16.1. The van der Waals surface area contributed by atoms with Crippen molar-refractivity contribution in [3.8, 4) is 0 Å². The molecule has 9 nitrogen and oxygen atoms in total. The number of ether oxygens (including phenoxy) is 2. The molecule has 0 N–H and O–H groups in total. The number of phosphoric acid groups is 1. The highest BCUT2D eigenvalue weighted by Gasteiger charge is 2.22. The van der Waals surface area contributed by atoms with Crippen molar-refractivity contribution in [2.75, 3.05) is 47.5 Å². The molecule has 0 aromatic carbocycles. The van der Waals surface area contributed by atoms with E-state index >= 15 is 0 Å². The molecule has 0 saturated heterocycles. The van der Waals surface area contributed by atoms with Crippen LogP contribution in [0.1, 0.15) is 335 Å². The first-order valence-corrected chi connectivity index (χ1v) is 38.4. The van der Waals surface area contributed by atoms with E-state index in [-0.39, 0.29) is 26.1 Å². The van der Waals surface area contributed by atoms with E-state index in [9.17, 15) is 19.0 Å². The molecule has 0 radical (unpaired) electrons. The first-order chi connectivity index (χ1) is 43.0. The maximum Gasteiger partial charge on any atom is 0.306 e. The Kier molecular flexibility index (Phi) is 65.9. The molecule has 10 heteroatoms. The summed E-state index contributed by atoms with van der Waals surface area (Å²) in [6.45, 7) is 4.11. The van der Waals surface area contributed by atoms with Crippen LogP contribution in [0.15, 0.2) is 97.2 Å². The highest BCUT2D eigenvalue weighted by molar-refractivity contribution is 7.45. The fraction of sp³-hybridized carbons (Fsp3) is 0.769. The Morgan fingerprint density at radius 3 is 0.966 bits per heavy atom. The van der Waals surface area contributed by atoms with E-state index in [1.165, 1.54) is 218 Å². The van der Waals surface area contributed by atoms with Gasteiger partial charge in [0, 0.05) is 12.8 Å². The Hall–Kier alpha value is -3.07. The average molecular weight is 1250 g/mol. The molecule has 0 saturated carbocycles. The zero-order valence-corrected chi connectivity index (χ0v) is 59.1. The SMILES string of the molecule is CC/C=C\C/C=C\C/C=C\C/C=C\C/C=C\C/C=C\C/C=C\C/C=C\CCCCC(=O)OC(COC(=O)CCCCCCCCCCCCCCCCCCCCCCCCCCCCCCCCCCCCCCC)COP(=O)([O-])OCC[N+](C)(C)C. The van der Waals surface area contributed by atoms with Gasteiger partial charge in [-0.25, -0.2) is 0 Å². The maximum absolute atomic E-state index is 12.8. The second kappa shape index (κ2) is 68.3. The van der Waals surface area contributed by atoms with Gasteiger partial charge in [-0.15, -0.1) is 0 Å². The Labute approximate surface area is 544 Å². The number of rotatable bonds is 68. The van der Waals surface area contributed by atoms with Gasteiger partial charge in [0.1, 0.15) is 19.8 Å². The highest BCUT2D eigenvalue weighted by Crippen LogP contribution is 2.38. The van der Waals surface area contributed by atoms with E-state index < -0.39 is 32.5 Å². The Morgan fingerprint density at radius 2 is 0.648 bits per heavy atom. The van der Waals surface area contributed by atoms with Crippen LogP contribution in [0, 0.1) is 0 Å². The van der Waals surface area contributed by atoms with Crippen molar-refractivity contribution in [1.29, 1.82) is 0 Å². The molecular formula is C78H140NO8P. The molecular weight excluding hydrogens is 1110 g/mol. The Balaban J connectivity index is 4.03. The lowest BCUT2D eigenvalue weighted by atomic mass is 10.0.